The van der Waals surface area contributed by atoms with E-state index in [-0.39, 0.29) is 12.7 Å². The molecule has 0 aliphatic carbocycles. The number of ether oxygens (including phenoxy) is 1. The van der Waals surface area contributed by atoms with E-state index < -0.39 is 0 Å². The molecule has 3 rings (SSSR count). The van der Waals surface area contributed by atoms with Crippen molar-refractivity contribution in [3.05, 3.63) is 36.0 Å². The van der Waals surface area contributed by atoms with Gasteiger partial charge in [0.2, 0.25) is 0 Å². The van der Waals surface area contributed by atoms with Crippen molar-refractivity contribution in [1.82, 2.24) is 4.98 Å². The normalized spacial score (nSPS) is 23.2. The Bertz CT molecular complexity index is 614. The Morgan fingerprint density at radius 2 is 2.15 bits per heavy atom. The lowest BCUT2D eigenvalue weighted by atomic mass is 10.1. The van der Waals surface area contributed by atoms with Gasteiger partial charge in [0.25, 0.3) is 0 Å². The number of aromatic nitrogens is 1. The van der Waals surface area contributed by atoms with Crippen LogP contribution < -0.4 is 4.90 Å². The lowest BCUT2D eigenvalue weighted by Gasteiger charge is -2.39. The molecule has 0 saturated carbocycles. The third-order valence-electron chi connectivity index (χ3n) is 3.83. The summed E-state index contributed by atoms with van der Waals surface area (Å²) in [5, 5.41) is 10.6. The van der Waals surface area contributed by atoms with Crippen molar-refractivity contribution < 1.29 is 9.84 Å². The number of rotatable bonds is 2. The minimum Gasteiger partial charge on any atom is -0.390 e. The molecule has 4 heteroatoms. The first kappa shape index (κ1) is 13.3. The SMILES string of the molecule is CC1CN(c2cc(CO)nc3ccccc23)C(C)CO1. The highest BCUT2D eigenvalue weighted by Gasteiger charge is 2.25. The molecular formula is C16H20N2O2. The number of pyridine rings is 1. The van der Waals surface area contributed by atoms with E-state index in [2.05, 4.69) is 29.8 Å². The van der Waals surface area contributed by atoms with Crippen molar-refractivity contribution in [1.29, 1.82) is 0 Å². The van der Waals surface area contributed by atoms with E-state index in [1.54, 1.807) is 0 Å². The lowest BCUT2D eigenvalue weighted by Crippen LogP contribution is -2.47. The maximum absolute atomic E-state index is 9.43. The van der Waals surface area contributed by atoms with Gasteiger partial charge in [-0.25, -0.2) is 0 Å². The van der Waals surface area contributed by atoms with E-state index in [0.717, 1.165) is 29.7 Å². The van der Waals surface area contributed by atoms with Crippen LogP contribution in [0.5, 0.6) is 0 Å². The Hall–Kier alpha value is -1.65. The summed E-state index contributed by atoms with van der Waals surface area (Å²) in [7, 11) is 0. The fourth-order valence-electron chi connectivity index (χ4n) is 2.77. The molecule has 1 fully saturated rings. The van der Waals surface area contributed by atoms with Crippen LogP contribution >= 0.6 is 0 Å². The number of benzene rings is 1. The molecule has 106 valence electrons. The van der Waals surface area contributed by atoms with Crippen LogP contribution in [0.4, 0.5) is 5.69 Å². The quantitative estimate of drug-likeness (QED) is 0.911. The summed E-state index contributed by atoms with van der Waals surface area (Å²) in [6, 6.07) is 10.4. The summed E-state index contributed by atoms with van der Waals surface area (Å²) in [6.45, 7) is 5.81. The number of morpholine rings is 1. The molecule has 2 unspecified atom stereocenters. The first-order chi connectivity index (χ1) is 9.69. The van der Waals surface area contributed by atoms with Crippen molar-refractivity contribution in [3.63, 3.8) is 0 Å². The minimum absolute atomic E-state index is 0.0356. The smallest absolute Gasteiger partial charge is 0.0854 e. The summed E-state index contributed by atoms with van der Waals surface area (Å²) < 4.78 is 5.70. The molecule has 0 radical (unpaired) electrons. The Labute approximate surface area is 119 Å². The summed E-state index contributed by atoms with van der Waals surface area (Å²) in [4.78, 5) is 6.84. The van der Waals surface area contributed by atoms with Crippen LogP contribution in [-0.2, 0) is 11.3 Å². The number of anilines is 1. The second-order valence-electron chi connectivity index (χ2n) is 5.45. The van der Waals surface area contributed by atoms with Gasteiger partial charge in [-0.1, -0.05) is 18.2 Å². The van der Waals surface area contributed by atoms with E-state index in [9.17, 15) is 5.11 Å². The van der Waals surface area contributed by atoms with Crippen molar-refractivity contribution in [2.24, 2.45) is 0 Å². The zero-order chi connectivity index (χ0) is 14.1. The Balaban J connectivity index is 2.13. The molecule has 1 N–H and O–H groups in total. The van der Waals surface area contributed by atoms with Crippen LogP contribution in [0.1, 0.15) is 19.5 Å². The van der Waals surface area contributed by atoms with Gasteiger partial charge < -0.3 is 14.7 Å². The number of fused-ring (bicyclic) bond motifs is 1. The van der Waals surface area contributed by atoms with Gasteiger partial charge in [-0.15, -0.1) is 0 Å². The molecule has 0 spiro atoms. The van der Waals surface area contributed by atoms with Gasteiger partial charge in [-0.3, -0.25) is 4.98 Å². The number of hydrogen-bond donors (Lipinski definition) is 1. The Morgan fingerprint density at radius 1 is 1.35 bits per heavy atom. The third kappa shape index (κ3) is 2.37. The van der Waals surface area contributed by atoms with E-state index >= 15 is 0 Å². The minimum atomic E-state index is -0.0356. The van der Waals surface area contributed by atoms with Crippen LogP contribution in [0, 0.1) is 0 Å². The highest BCUT2D eigenvalue weighted by molar-refractivity contribution is 5.92. The molecule has 1 aliphatic heterocycles. The van der Waals surface area contributed by atoms with Crippen LogP contribution in [0.25, 0.3) is 10.9 Å². The third-order valence-corrected chi connectivity index (χ3v) is 3.83. The molecule has 4 nitrogen and oxygen atoms in total. The molecule has 0 amide bonds. The molecule has 1 aromatic carbocycles. The first-order valence-electron chi connectivity index (χ1n) is 7.07. The second-order valence-corrected chi connectivity index (χ2v) is 5.45. The Kier molecular flexibility index (Phi) is 3.59. The molecule has 1 saturated heterocycles. The molecular weight excluding hydrogens is 252 g/mol. The summed E-state index contributed by atoms with van der Waals surface area (Å²) in [6.07, 6.45) is 0.218. The lowest BCUT2D eigenvalue weighted by molar-refractivity contribution is 0.0345. The average molecular weight is 272 g/mol. The molecule has 1 aromatic heterocycles. The maximum atomic E-state index is 9.43. The van der Waals surface area contributed by atoms with Crippen molar-refractivity contribution >= 4 is 16.6 Å². The number of aliphatic hydroxyl groups excluding tert-OH is 1. The van der Waals surface area contributed by atoms with Gasteiger partial charge in [0.1, 0.15) is 0 Å². The number of nitrogens with zero attached hydrogens (tertiary/aromatic N) is 2. The van der Waals surface area contributed by atoms with Gasteiger partial charge in [0.15, 0.2) is 0 Å². The van der Waals surface area contributed by atoms with E-state index in [4.69, 9.17) is 4.74 Å². The van der Waals surface area contributed by atoms with Gasteiger partial charge in [0.05, 0.1) is 30.5 Å². The fraction of sp³-hybridized carbons (Fsp3) is 0.438. The van der Waals surface area contributed by atoms with Crippen LogP contribution in [-0.4, -0.2) is 35.4 Å². The van der Waals surface area contributed by atoms with Crippen LogP contribution in [0.15, 0.2) is 30.3 Å². The van der Waals surface area contributed by atoms with Gasteiger partial charge in [-0.05, 0) is 26.0 Å². The topological polar surface area (TPSA) is 45.6 Å². The van der Waals surface area contributed by atoms with Crippen molar-refractivity contribution in [3.8, 4) is 0 Å². The zero-order valence-corrected chi connectivity index (χ0v) is 11.9. The summed E-state index contributed by atoms with van der Waals surface area (Å²) >= 11 is 0. The Morgan fingerprint density at radius 3 is 2.95 bits per heavy atom. The molecule has 2 atom stereocenters. The molecule has 0 bridgehead atoms. The average Bonchev–Trinajstić information content (AvgIpc) is 2.48. The largest absolute Gasteiger partial charge is 0.390 e. The fourth-order valence-corrected chi connectivity index (χ4v) is 2.77. The zero-order valence-electron chi connectivity index (χ0n) is 11.9. The predicted octanol–water partition coefficient (Wildman–Crippen LogP) is 2.34. The number of para-hydroxylation sites is 1. The molecule has 1 aliphatic rings. The monoisotopic (exact) mass is 272 g/mol. The van der Waals surface area contributed by atoms with Crippen LogP contribution in [0.2, 0.25) is 0 Å². The van der Waals surface area contributed by atoms with Gasteiger partial charge >= 0.3 is 0 Å². The second kappa shape index (κ2) is 5.38. The standard InChI is InChI=1S/C16H20N2O2/c1-11-10-20-12(2)8-18(11)16-7-13(9-19)17-15-6-4-3-5-14(15)16/h3-7,11-12,19H,8-10H2,1-2H3. The van der Waals surface area contributed by atoms with E-state index in [1.165, 1.54) is 0 Å². The van der Waals surface area contributed by atoms with E-state index in [0.29, 0.717) is 11.7 Å². The maximum Gasteiger partial charge on any atom is 0.0854 e. The predicted molar refractivity (Wildman–Crippen MR) is 79.9 cm³/mol. The molecule has 2 aromatic rings. The van der Waals surface area contributed by atoms with Gasteiger partial charge in [0, 0.05) is 23.7 Å². The summed E-state index contributed by atoms with van der Waals surface area (Å²) in [5.74, 6) is 0. The molecule has 2 heterocycles. The molecule has 20 heavy (non-hydrogen) atoms. The highest BCUT2D eigenvalue weighted by Crippen LogP contribution is 2.30. The highest BCUT2D eigenvalue weighted by atomic mass is 16.5. The van der Waals surface area contributed by atoms with Crippen molar-refractivity contribution in [2.45, 2.75) is 32.6 Å². The number of aliphatic hydroxyl groups is 1. The summed E-state index contributed by atoms with van der Waals surface area (Å²) in [5.41, 5.74) is 2.78. The number of hydrogen-bond acceptors (Lipinski definition) is 4. The van der Waals surface area contributed by atoms with Gasteiger partial charge in [-0.2, -0.15) is 0 Å². The first-order valence-corrected chi connectivity index (χ1v) is 7.07. The van der Waals surface area contributed by atoms with Crippen molar-refractivity contribution in [2.75, 3.05) is 18.1 Å². The van der Waals surface area contributed by atoms with Crippen LogP contribution in [0.3, 0.4) is 0 Å². The van der Waals surface area contributed by atoms with E-state index in [1.807, 2.05) is 24.3 Å².